The molecule has 0 aliphatic carbocycles. The Kier molecular flexibility index (Phi) is 3.23. The van der Waals surface area contributed by atoms with Crippen LogP contribution in [0.3, 0.4) is 0 Å². The molecular weight excluding hydrogens is 148 g/mol. The first-order valence-corrected chi connectivity index (χ1v) is 4.28. The van der Waals surface area contributed by atoms with E-state index in [1.54, 1.807) is 0 Å². The Morgan fingerprint density at radius 1 is 1.40 bits per heavy atom. The van der Waals surface area contributed by atoms with Crippen LogP contribution in [0.4, 0.5) is 0 Å². The highest BCUT2D eigenvalue weighted by Crippen LogP contribution is 2.26. The standard InChI is InChI=1S/C8H13ClO/c1-2-3-4-5-7-8(6-9)10-7/h3-4,7-8H,2,5-6H2,1H3/b4-3-/t7-,8-/m0/s1. The topological polar surface area (TPSA) is 12.5 Å². The number of halogens is 1. The van der Waals surface area contributed by atoms with E-state index in [1.807, 2.05) is 0 Å². The van der Waals surface area contributed by atoms with Gasteiger partial charge in [-0.05, 0) is 12.8 Å². The zero-order chi connectivity index (χ0) is 7.40. The van der Waals surface area contributed by atoms with Crippen molar-refractivity contribution in [3.8, 4) is 0 Å². The van der Waals surface area contributed by atoms with Gasteiger partial charge in [0.05, 0.1) is 18.1 Å². The highest BCUT2D eigenvalue weighted by atomic mass is 35.5. The molecule has 0 N–H and O–H groups in total. The van der Waals surface area contributed by atoms with Crippen LogP contribution in [0.15, 0.2) is 12.2 Å². The van der Waals surface area contributed by atoms with Crippen LogP contribution in [0, 0.1) is 0 Å². The molecule has 1 nitrogen and oxygen atoms in total. The molecule has 0 unspecified atom stereocenters. The molecule has 0 amide bonds. The molecule has 1 aliphatic rings. The van der Waals surface area contributed by atoms with E-state index in [0.717, 1.165) is 12.8 Å². The summed E-state index contributed by atoms with van der Waals surface area (Å²) < 4.78 is 5.23. The molecule has 0 aromatic rings. The minimum Gasteiger partial charge on any atom is -0.368 e. The molecule has 0 spiro atoms. The van der Waals surface area contributed by atoms with E-state index in [0.29, 0.717) is 18.1 Å². The van der Waals surface area contributed by atoms with Gasteiger partial charge in [0.15, 0.2) is 0 Å². The fourth-order valence-electron chi connectivity index (χ4n) is 0.919. The van der Waals surface area contributed by atoms with Crippen molar-refractivity contribution >= 4 is 11.6 Å². The van der Waals surface area contributed by atoms with Crippen molar-refractivity contribution in [2.24, 2.45) is 0 Å². The van der Waals surface area contributed by atoms with Gasteiger partial charge in [0.25, 0.3) is 0 Å². The van der Waals surface area contributed by atoms with Crippen molar-refractivity contribution in [1.82, 2.24) is 0 Å². The molecule has 10 heavy (non-hydrogen) atoms. The quantitative estimate of drug-likeness (QED) is 0.350. The van der Waals surface area contributed by atoms with Crippen LogP contribution in [0.1, 0.15) is 19.8 Å². The van der Waals surface area contributed by atoms with Crippen molar-refractivity contribution in [1.29, 1.82) is 0 Å². The number of epoxide rings is 1. The van der Waals surface area contributed by atoms with Gasteiger partial charge in [-0.25, -0.2) is 0 Å². The van der Waals surface area contributed by atoms with Gasteiger partial charge in [-0.2, -0.15) is 0 Å². The number of rotatable bonds is 4. The third kappa shape index (κ3) is 2.31. The molecule has 2 heteroatoms. The average Bonchev–Trinajstić information content (AvgIpc) is 2.68. The van der Waals surface area contributed by atoms with Crippen LogP contribution in [0.2, 0.25) is 0 Å². The summed E-state index contributed by atoms with van der Waals surface area (Å²) in [5.41, 5.74) is 0. The predicted molar refractivity (Wildman–Crippen MR) is 43.4 cm³/mol. The van der Waals surface area contributed by atoms with Gasteiger partial charge < -0.3 is 4.74 Å². The molecule has 58 valence electrons. The van der Waals surface area contributed by atoms with Crippen molar-refractivity contribution in [2.75, 3.05) is 5.88 Å². The van der Waals surface area contributed by atoms with E-state index < -0.39 is 0 Å². The fraction of sp³-hybridized carbons (Fsp3) is 0.750. The lowest BCUT2D eigenvalue weighted by Crippen LogP contribution is -1.92. The Bertz CT molecular complexity index is 122. The van der Waals surface area contributed by atoms with Crippen LogP contribution < -0.4 is 0 Å². The molecule has 1 heterocycles. The Morgan fingerprint density at radius 2 is 2.20 bits per heavy atom. The second kappa shape index (κ2) is 3.99. The first kappa shape index (κ1) is 8.09. The normalized spacial score (nSPS) is 31.4. The molecule has 1 aliphatic heterocycles. The lowest BCUT2D eigenvalue weighted by Gasteiger charge is -1.83. The van der Waals surface area contributed by atoms with E-state index in [1.165, 1.54) is 0 Å². The Balaban J connectivity index is 2.01. The van der Waals surface area contributed by atoms with E-state index in [4.69, 9.17) is 16.3 Å². The third-order valence-corrected chi connectivity index (χ3v) is 1.91. The zero-order valence-corrected chi connectivity index (χ0v) is 6.97. The number of hydrogen-bond donors (Lipinski definition) is 0. The van der Waals surface area contributed by atoms with Crippen LogP contribution in [0.5, 0.6) is 0 Å². The maximum Gasteiger partial charge on any atom is 0.0980 e. The molecule has 0 saturated carbocycles. The first-order chi connectivity index (χ1) is 4.88. The number of allylic oxidation sites excluding steroid dienone is 1. The number of ether oxygens (including phenoxy) is 1. The molecule has 1 fully saturated rings. The van der Waals surface area contributed by atoms with Crippen molar-refractivity contribution in [2.45, 2.75) is 32.0 Å². The highest BCUT2D eigenvalue weighted by molar-refractivity contribution is 6.18. The van der Waals surface area contributed by atoms with E-state index in [-0.39, 0.29) is 0 Å². The molecule has 0 aromatic heterocycles. The largest absolute Gasteiger partial charge is 0.368 e. The lowest BCUT2D eigenvalue weighted by molar-refractivity contribution is 0.381. The molecule has 1 rings (SSSR count). The molecular formula is C8H13ClO. The maximum atomic E-state index is 5.56. The van der Waals surface area contributed by atoms with Crippen LogP contribution >= 0.6 is 11.6 Å². The van der Waals surface area contributed by atoms with Gasteiger partial charge in [-0.3, -0.25) is 0 Å². The maximum absolute atomic E-state index is 5.56. The van der Waals surface area contributed by atoms with Gasteiger partial charge in [-0.15, -0.1) is 11.6 Å². The SMILES string of the molecule is CC/C=C\C[C@@H]1O[C@H]1CCl. The van der Waals surface area contributed by atoms with Gasteiger partial charge in [0.2, 0.25) is 0 Å². The number of hydrogen-bond acceptors (Lipinski definition) is 1. The van der Waals surface area contributed by atoms with Crippen LogP contribution in [-0.4, -0.2) is 18.1 Å². The molecule has 0 aromatic carbocycles. The van der Waals surface area contributed by atoms with Gasteiger partial charge in [-0.1, -0.05) is 19.1 Å². The smallest absolute Gasteiger partial charge is 0.0980 e. The molecule has 2 atom stereocenters. The van der Waals surface area contributed by atoms with E-state index >= 15 is 0 Å². The summed E-state index contributed by atoms with van der Waals surface area (Å²) in [6.45, 7) is 2.13. The number of alkyl halides is 1. The zero-order valence-electron chi connectivity index (χ0n) is 6.22. The summed E-state index contributed by atoms with van der Waals surface area (Å²) in [5.74, 6) is 0.643. The summed E-state index contributed by atoms with van der Waals surface area (Å²) in [4.78, 5) is 0. The van der Waals surface area contributed by atoms with Crippen molar-refractivity contribution < 1.29 is 4.74 Å². The predicted octanol–water partition coefficient (Wildman–Crippen LogP) is 2.35. The molecule has 1 saturated heterocycles. The molecule has 0 radical (unpaired) electrons. The van der Waals surface area contributed by atoms with Crippen LogP contribution in [-0.2, 0) is 4.74 Å². The summed E-state index contributed by atoms with van der Waals surface area (Å²) >= 11 is 5.56. The Labute approximate surface area is 67.0 Å². The minimum absolute atomic E-state index is 0.336. The van der Waals surface area contributed by atoms with Crippen LogP contribution in [0.25, 0.3) is 0 Å². The van der Waals surface area contributed by atoms with Gasteiger partial charge in [0.1, 0.15) is 0 Å². The average molecular weight is 161 g/mol. The summed E-state index contributed by atoms with van der Waals surface area (Å²) in [6.07, 6.45) is 7.22. The minimum atomic E-state index is 0.336. The second-order valence-corrected chi connectivity index (χ2v) is 2.79. The summed E-state index contributed by atoms with van der Waals surface area (Å²) in [5, 5.41) is 0. The van der Waals surface area contributed by atoms with Gasteiger partial charge in [0, 0.05) is 0 Å². The first-order valence-electron chi connectivity index (χ1n) is 3.75. The Hall–Kier alpha value is -0.0100. The highest BCUT2D eigenvalue weighted by Gasteiger charge is 2.36. The fourth-order valence-corrected chi connectivity index (χ4v) is 1.19. The summed E-state index contributed by atoms with van der Waals surface area (Å²) in [6, 6.07) is 0. The van der Waals surface area contributed by atoms with Gasteiger partial charge >= 0.3 is 0 Å². The summed E-state index contributed by atoms with van der Waals surface area (Å²) in [7, 11) is 0. The van der Waals surface area contributed by atoms with E-state index in [9.17, 15) is 0 Å². The third-order valence-electron chi connectivity index (χ3n) is 1.61. The van der Waals surface area contributed by atoms with E-state index in [2.05, 4.69) is 19.1 Å². The lowest BCUT2D eigenvalue weighted by atomic mass is 10.2. The monoisotopic (exact) mass is 160 g/mol. The Morgan fingerprint density at radius 3 is 2.70 bits per heavy atom. The van der Waals surface area contributed by atoms with Crippen molar-refractivity contribution in [3.05, 3.63) is 12.2 Å². The van der Waals surface area contributed by atoms with Crippen molar-refractivity contribution in [3.63, 3.8) is 0 Å². The molecule has 0 bridgehead atoms. The second-order valence-electron chi connectivity index (χ2n) is 2.48.